The summed E-state index contributed by atoms with van der Waals surface area (Å²) in [4.78, 5) is 12.3. The number of hydrogen-bond donors (Lipinski definition) is 1. The number of amides is 1. The van der Waals surface area contributed by atoms with Gasteiger partial charge in [-0.25, -0.2) is 0 Å². The molecule has 132 valence electrons. The van der Waals surface area contributed by atoms with Crippen molar-refractivity contribution in [2.24, 2.45) is 0 Å². The second-order valence-corrected chi connectivity index (χ2v) is 6.91. The van der Waals surface area contributed by atoms with E-state index < -0.39 is 0 Å². The van der Waals surface area contributed by atoms with Gasteiger partial charge in [-0.1, -0.05) is 23.2 Å². The third kappa shape index (κ3) is 4.20. The van der Waals surface area contributed by atoms with Crippen LogP contribution < -0.4 is 14.8 Å². The molecule has 2 aromatic rings. The highest BCUT2D eigenvalue weighted by Crippen LogP contribution is 2.34. The molecule has 25 heavy (non-hydrogen) atoms. The number of fused-ring (bicyclic) bond motifs is 1. The van der Waals surface area contributed by atoms with E-state index >= 15 is 0 Å². The SMILES string of the molecule is Cc1cc(OCC(=O)NC2CCOc3ccc(Cl)cc32)cc(C)c1Cl. The molecule has 0 saturated carbocycles. The summed E-state index contributed by atoms with van der Waals surface area (Å²) in [5, 5.41) is 4.32. The minimum Gasteiger partial charge on any atom is -0.493 e. The van der Waals surface area contributed by atoms with Crippen molar-refractivity contribution in [1.82, 2.24) is 5.32 Å². The Morgan fingerprint density at radius 2 is 1.96 bits per heavy atom. The van der Waals surface area contributed by atoms with Crippen LogP contribution in [0.15, 0.2) is 30.3 Å². The van der Waals surface area contributed by atoms with Crippen LogP contribution in [0.25, 0.3) is 0 Å². The molecule has 2 aromatic carbocycles. The zero-order chi connectivity index (χ0) is 18.0. The van der Waals surface area contributed by atoms with E-state index in [0.717, 1.165) is 22.4 Å². The van der Waals surface area contributed by atoms with Gasteiger partial charge in [0.2, 0.25) is 0 Å². The topological polar surface area (TPSA) is 47.6 Å². The molecular weight excluding hydrogens is 361 g/mol. The summed E-state index contributed by atoms with van der Waals surface area (Å²) in [6.07, 6.45) is 0.693. The minimum absolute atomic E-state index is 0.0617. The number of aryl methyl sites for hydroxylation is 2. The standard InChI is InChI=1S/C19H19Cl2NO3/c1-11-7-14(8-12(2)19(11)21)25-10-18(23)22-16-5-6-24-17-4-3-13(20)9-15(16)17/h3-4,7-9,16H,5-6,10H2,1-2H3,(H,22,23). The predicted molar refractivity (Wildman–Crippen MR) is 98.9 cm³/mol. The van der Waals surface area contributed by atoms with Crippen LogP contribution in [-0.2, 0) is 4.79 Å². The molecule has 0 radical (unpaired) electrons. The van der Waals surface area contributed by atoms with Crippen LogP contribution in [-0.4, -0.2) is 19.1 Å². The molecule has 0 bridgehead atoms. The van der Waals surface area contributed by atoms with Gasteiger partial charge >= 0.3 is 0 Å². The highest BCUT2D eigenvalue weighted by Gasteiger charge is 2.23. The lowest BCUT2D eigenvalue weighted by Gasteiger charge is -2.27. The molecule has 1 N–H and O–H groups in total. The van der Waals surface area contributed by atoms with Crippen molar-refractivity contribution in [2.75, 3.05) is 13.2 Å². The van der Waals surface area contributed by atoms with E-state index in [-0.39, 0.29) is 18.6 Å². The van der Waals surface area contributed by atoms with Crippen molar-refractivity contribution in [3.05, 3.63) is 57.1 Å². The molecule has 0 aliphatic carbocycles. The van der Waals surface area contributed by atoms with Crippen LogP contribution in [0.3, 0.4) is 0 Å². The van der Waals surface area contributed by atoms with Crippen molar-refractivity contribution in [3.63, 3.8) is 0 Å². The van der Waals surface area contributed by atoms with Crippen LogP contribution in [0, 0.1) is 13.8 Å². The molecule has 0 aromatic heterocycles. The lowest BCUT2D eigenvalue weighted by molar-refractivity contribution is -0.124. The number of nitrogens with one attached hydrogen (secondary N) is 1. The fraction of sp³-hybridized carbons (Fsp3) is 0.316. The minimum atomic E-state index is -0.192. The van der Waals surface area contributed by atoms with Crippen LogP contribution in [0.1, 0.15) is 29.2 Å². The Morgan fingerprint density at radius 3 is 2.68 bits per heavy atom. The summed E-state index contributed by atoms with van der Waals surface area (Å²) in [6.45, 7) is 4.31. The fourth-order valence-corrected chi connectivity index (χ4v) is 3.18. The van der Waals surface area contributed by atoms with Gasteiger partial charge in [-0.3, -0.25) is 4.79 Å². The van der Waals surface area contributed by atoms with E-state index in [1.165, 1.54) is 0 Å². The van der Waals surface area contributed by atoms with E-state index in [1.54, 1.807) is 6.07 Å². The molecule has 0 fully saturated rings. The van der Waals surface area contributed by atoms with Gasteiger partial charge in [-0.15, -0.1) is 0 Å². The van der Waals surface area contributed by atoms with E-state index in [4.69, 9.17) is 32.7 Å². The van der Waals surface area contributed by atoms with Gasteiger partial charge in [-0.2, -0.15) is 0 Å². The summed E-state index contributed by atoms with van der Waals surface area (Å²) in [7, 11) is 0. The molecule has 1 amide bonds. The maximum Gasteiger partial charge on any atom is 0.258 e. The first kappa shape index (κ1) is 17.9. The van der Waals surface area contributed by atoms with Gasteiger partial charge in [0.15, 0.2) is 6.61 Å². The predicted octanol–water partition coefficient (Wildman–Crippen LogP) is 4.63. The second-order valence-electron chi connectivity index (χ2n) is 6.10. The Kier molecular flexibility index (Phi) is 5.40. The average Bonchev–Trinajstić information content (AvgIpc) is 2.58. The Morgan fingerprint density at radius 1 is 1.24 bits per heavy atom. The maximum absolute atomic E-state index is 12.3. The molecule has 1 atom stereocenters. The van der Waals surface area contributed by atoms with Gasteiger partial charge in [0.25, 0.3) is 5.91 Å². The van der Waals surface area contributed by atoms with Gasteiger partial charge in [-0.05, 0) is 55.3 Å². The summed E-state index contributed by atoms with van der Waals surface area (Å²) >= 11 is 12.2. The third-order valence-electron chi connectivity index (χ3n) is 4.13. The van der Waals surface area contributed by atoms with E-state index in [1.807, 2.05) is 38.1 Å². The summed E-state index contributed by atoms with van der Waals surface area (Å²) in [5.74, 6) is 1.19. The number of halogens is 2. The van der Waals surface area contributed by atoms with Crippen LogP contribution >= 0.6 is 23.2 Å². The Bertz CT molecular complexity index is 784. The molecule has 1 heterocycles. The largest absolute Gasteiger partial charge is 0.493 e. The molecular formula is C19H19Cl2NO3. The fourth-order valence-electron chi connectivity index (χ4n) is 2.89. The number of ether oxygens (including phenoxy) is 2. The summed E-state index contributed by atoms with van der Waals surface area (Å²) < 4.78 is 11.2. The summed E-state index contributed by atoms with van der Waals surface area (Å²) in [6, 6.07) is 8.95. The molecule has 1 aliphatic rings. The first-order valence-corrected chi connectivity index (χ1v) is 8.81. The number of hydrogen-bond acceptors (Lipinski definition) is 3. The van der Waals surface area contributed by atoms with E-state index in [0.29, 0.717) is 28.8 Å². The van der Waals surface area contributed by atoms with Gasteiger partial charge in [0.05, 0.1) is 12.6 Å². The Labute approximate surface area is 157 Å². The van der Waals surface area contributed by atoms with Gasteiger partial charge < -0.3 is 14.8 Å². The lowest BCUT2D eigenvalue weighted by atomic mass is 10.0. The average molecular weight is 380 g/mol. The second kappa shape index (κ2) is 7.54. The molecule has 3 rings (SSSR count). The molecule has 0 spiro atoms. The Balaban J connectivity index is 1.63. The van der Waals surface area contributed by atoms with Crippen LogP contribution in [0.4, 0.5) is 0 Å². The maximum atomic E-state index is 12.3. The van der Waals surface area contributed by atoms with Crippen molar-refractivity contribution in [2.45, 2.75) is 26.3 Å². The highest BCUT2D eigenvalue weighted by atomic mass is 35.5. The van der Waals surface area contributed by atoms with E-state index in [2.05, 4.69) is 5.32 Å². The quantitative estimate of drug-likeness (QED) is 0.842. The molecule has 1 unspecified atom stereocenters. The van der Waals surface area contributed by atoms with Crippen LogP contribution in [0.5, 0.6) is 11.5 Å². The molecule has 6 heteroatoms. The normalized spacial score (nSPS) is 15.9. The number of benzene rings is 2. The first-order chi connectivity index (χ1) is 11.9. The van der Waals surface area contributed by atoms with Crippen molar-refractivity contribution in [3.8, 4) is 11.5 Å². The van der Waals surface area contributed by atoms with Gasteiger partial charge in [0.1, 0.15) is 11.5 Å². The Hall–Kier alpha value is -1.91. The zero-order valence-corrected chi connectivity index (χ0v) is 15.6. The molecule has 1 aliphatic heterocycles. The zero-order valence-electron chi connectivity index (χ0n) is 14.1. The highest BCUT2D eigenvalue weighted by molar-refractivity contribution is 6.32. The monoisotopic (exact) mass is 379 g/mol. The number of carbonyl (C=O) groups excluding carboxylic acids is 1. The van der Waals surface area contributed by atoms with E-state index in [9.17, 15) is 4.79 Å². The number of carbonyl (C=O) groups is 1. The number of rotatable bonds is 4. The third-order valence-corrected chi connectivity index (χ3v) is 4.96. The molecule has 0 saturated heterocycles. The smallest absolute Gasteiger partial charge is 0.258 e. The first-order valence-electron chi connectivity index (χ1n) is 8.05. The van der Waals surface area contributed by atoms with Crippen molar-refractivity contribution < 1.29 is 14.3 Å². The van der Waals surface area contributed by atoms with Crippen molar-refractivity contribution >= 4 is 29.1 Å². The summed E-state index contributed by atoms with van der Waals surface area (Å²) in [5.41, 5.74) is 2.74. The van der Waals surface area contributed by atoms with Crippen LogP contribution in [0.2, 0.25) is 10.0 Å². The van der Waals surface area contributed by atoms with Gasteiger partial charge in [0, 0.05) is 22.0 Å². The van der Waals surface area contributed by atoms with Crippen molar-refractivity contribution in [1.29, 1.82) is 0 Å². The molecule has 4 nitrogen and oxygen atoms in total. The lowest BCUT2D eigenvalue weighted by Crippen LogP contribution is -2.35.